The van der Waals surface area contributed by atoms with E-state index in [2.05, 4.69) is 29.0 Å². The second-order valence-electron chi connectivity index (χ2n) is 4.81. The molecule has 0 bridgehead atoms. The lowest BCUT2D eigenvalue weighted by Crippen LogP contribution is -1.96. The highest BCUT2D eigenvalue weighted by Gasteiger charge is 2.34. The van der Waals surface area contributed by atoms with Crippen LogP contribution >= 0.6 is 0 Å². The fourth-order valence-corrected chi connectivity index (χ4v) is 1.99. The van der Waals surface area contributed by atoms with Crippen LogP contribution in [0, 0.1) is 0 Å². The summed E-state index contributed by atoms with van der Waals surface area (Å²) < 4.78 is 5.51. The Kier molecular flexibility index (Phi) is 2.42. The Labute approximate surface area is 100 Å². The molecule has 4 heteroatoms. The van der Waals surface area contributed by atoms with Crippen LogP contribution in [0.1, 0.15) is 50.0 Å². The molecule has 0 aromatic carbocycles. The minimum absolute atomic E-state index is 0.324. The van der Waals surface area contributed by atoms with E-state index in [9.17, 15) is 0 Å². The largest absolute Gasteiger partial charge is 0.360 e. The first-order valence-corrected chi connectivity index (χ1v) is 6.04. The molecule has 2 aromatic rings. The van der Waals surface area contributed by atoms with Crippen molar-refractivity contribution >= 4 is 0 Å². The van der Waals surface area contributed by atoms with Crippen molar-refractivity contribution in [1.29, 1.82) is 0 Å². The van der Waals surface area contributed by atoms with Crippen molar-refractivity contribution in [3.8, 4) is 11.4 Å². The van der Waals surface area contributed by atoms with Crippen LogP contribution in [-0.2, 0) is 0 Å². The van der Waals surface area contributed by atoms with Crippen molar-refractivity contribution < 1.29 is 4.52 Å². The number of hydrogen-bond acceptors (Lipinski definition) is 4. The van der Waals surface area contributed by atoms with Gasteiger partial charge in [-0.1, -0.05) is 19.0 Å². The van der Waals surface area contributed by atoms with Crippen molar-refractivity contribution in [1.82, 2.24) is 15.1 Å². The molecule has 0 N–H and O–H groups in total. The fraction of sp³-hybridized carbons (Fsp3) is 0.462. The molecule has 2 heterocycles. The van der Waals surface area contributed by atoms with E-state index in [1.807, 2.05) is 6.07 Å². The first-order valence-electron chi connectivity index (χ1n) is 6.04. The molecule has 0 radical (unpaired) electrons. The molecular formula is C13H15N3O. The zero-order chi connectivity index (χ0) is 11.8. The van der Waals surface area contributed by atoms with Crippen LogP contribution in [0.5, 0.6) is 0 Å². The molecule has 4 nitrogen and oxygen atoms in total. The first-order chi connectivity index (χ1) is 8.27. The van der Waals surface area contributed by atoms with Crippen molar-refractivity contribution in [3.63, 3.8) is 0 Å². The Balaban J connectivity index is 2.14. The van der Waals surface area contributed by atoms with Crippen LogP contribution in [-0.4, -0.2) is 15.1 Å². The summed E-state index contributed by atoms with van der Waals surface area (Å²) in [6.45, 7) is 4.22. The second kappa shape index (κ2) is 3.95. The van der Waals surface area contributed by atoms with Crippen molar-refractivity contribution in [3.05, 3.63) is 29.9 Å². The highest BCUT2D eigenvalue weighted by atomic mass is 16.5. The third-order valence-electron chi connectivity index (χ3n) is 3.03. The van der Waals surface area contributed by atoms with Crippen LogP contribution in [0.15, 0.2) is 23.0 Å². The summed E-state index contributed by atoms with van der Waals surface area (Å²) in [4.78, 5) is 8.65. The van der Waals surface area contributed by atoms with E-state index in [-0.39, 0.29) is 0 Å². The number of rotatable bonds is 3. The van der Waals surface area contributed by atoms with Gasteiger partial charge in [0.25, 0.3) is 0 Å². The van der Waals surface area contributed by atoms with Gasteiger partial charge in [-0.15, -0.1) is 0 Å². The molecule has 0 spiro atoms. The molecule has 0 atom stereocenters. The molecule has 0 amide bonds. The molecule has 17 heavy (non-hydrogen) atoms. The molecule has 1 fully saturated rings. The molecule has 0 unspecified atom stereocenters. The minimum atomic E-state index is 0.324. The Morgan fingerprint density at radius 2 is 1.94 bits per heavy atom. The van der Waals surface area contributed by atoms with Crippen LogP contribution in [0.2, 0.25) is 0 Å². The summed E-state index contributed by atoms with van der Waals surface area (Å²) in [5, 5.41) is 4.20. The van der Waals surface area contributed by atoms with Crippen LogP contribution in [0.3, 0.4) is 0 Å². The van der Waals surface area contributed by atoms with Gasteiger partial charge in [0.1, 0.15) is 0 Å². The molecule has 2 aromatic heterocycles. The summed E-state index contributed by atoms with van der Waals surface area (Å²) >= 11 is 0. The predicted octanol–water partition coefficient (Wildman–Crippen LogP) is 3.13. The monoisotopic (exact) mass is 229 g/mol. The zero-order valence-corrected chi connectivity index (χ0v) is 10.1. The average molecular weight is 229 g/mol. The second-order valence-corrected chi connectivity index (χ2v) is 4.81. The van der Waals surface area contributed by atoms with Gasteiger partial charge >= 0.3 is 0 Å². The van der Waals surface area contributed by atoms with Gasteiger partial charge in [0, 0.05) is 18.3 Å². The Morgan fingerprint density at radius 3 is 2.53 bits per heavy atom. The van der Waals surface area contributed by atoms with Gasteiger partial charge in [-0.2, -0.15) is 0 Å². The number of nitrogens with zero attached hydrogens (tertiary/aromatic N) is 3. The molecule has 1 saturated carbocycles. The summed E-state index contributed by atoms with van der Waals surface area (Å²) in [6, 6.07) is 1.82. The van der Waals surface area contributed by atoms with Gasteiger partial charge in [-0.05, 0) is 24.8 Å². The Morgan fingerprint density at radius 1 is 1.24 bits per heavy atom. The summed E-state index contributed by atoms with van der Waals surface area (Å²) in [5.74, 6) is 2.55. The van der Waals surface area contributed by atoms with Gasteiger partial charge < -0.3 is 4.52 Å². The maximum atomic E-state index is 5.51. The molecule has 1 aliphatic carbocycles. The summed E-state index contributed by atoms with van der Waals surface area (Å²) in [5.41, 5.74) is 1.99. The van der Waals surface area contributed by atoms with Crippen LogP contribution in [0.4, 0.5) is 0 Å². The van der Waals surface area contributed by atoms with Gasteiger partial charge in [0.15, 0.2) is 11.6 Å². The lowest BCUT2D eigenvalue weighted by Gasteiger charge is -2.04. The standard InChI is InChI=1S/C13H15N3O/c1-8(2)11-10(13-14-6-3-7-15-13)12(17-16-11)9-4-5-9/h3,6-9H,4-5H2,1-2H3. The summed E-state index contributed by atoms with van der Waals surface area (Å²) in [6.07, 6.45) is 5.89. The normalized spacial score (nSPS) is 15.5. The molecule has 0 aliphatic heterocycles. The van der Waals surface area contributed by atoms with E-state index in [0.29, 0.717) is 11.8 Å². The first kappa shape index (κ1) is 10.4. The highest BCUT2D eigenvalue weighted by Crippen LogP contribution is 2.45. The maximum absolute atomic E-state index is 5.51. The van der Waals surface area contributed by atoms with E-state index in [0.717, 1.165) is 22.8 Å². The van der Waals surface area contributed by atoms with Gasteiger partial charge in [0.2, 0.25) is 0 Å². The van der Waals surface area contributed by atoms with Gasteiger partial charge in [-0.3, -0.25) is 0 Å². The smallest absolute Gasteiger partial charge is 0.164 e. The number of hydrogen-bond donors (Lipinski definition) is 0. The van der Waals surface area contributed by atoms with E-state index in [1.54, 1.807) is 12.4 Å². The van der Waals surface area contributed by atoms with Gasteiger partial charge in [-0.25, -0.2) is 9.97 Å². The average Bonchev–Trinajstić information content (AvgIpc) is 3.08. The molecule has 1 aliphatic rings. The topological polar surface area (TPSA) is 51.8 Å². The molecule has 0 saturated heterocycles. The molecule has 88 valence electrons. The predicted molar refractivity (Wildman–Crippen MR) is 63.6 cm³/mol. The fourth-order valence-electron chi connectivity index (χ4n) is 1.99. The molecular weight excluding hydrogens is 214 g/mol. The third kappa shape index (κ3) is 1.84. The van der Waals surface area contributed by atoms with Crippen molar-refractivity contribution in [2.75, 3.05) is 0 Å². The Bertz CT molecular complexity index is 495. The third-order valence-corrected chi connectivity index (χ3v) is 3.03. The van der Waals surface area contributed by atoms with Crippen LogP contribution in [0.25, 0.3) is 11.4 Å². The van der Waals surface area contributed by atoms with E-state index in [4.69, 9.17) is 4.52 Å². The maximum Gasteiger partial charge on any atom is 0.164 e. The van der Waals surface area contributed by atoms with E-state index < -0.39 is 0 Å². The quantitative estimate of drug-likeness (QED) is 0.811. The van der Waals surface area contributed by atoms with E-state index in [1.165, 1.54) is 12.8 Å². The van der Waals surface area contributed by atoms with Crippen molar-refractivity contribution in [2.24, 2.45) is 0 Å². The van der Waals surface area contributed by atoms with E-state index >= 15 is 0 Å². The minimum Gasteiger partial charge on any atom is -0.360 e. The van der Waals surface area contributed by atoms with Gasteiger partial charge in [0.05, 0.1) is 11.3 Å². The molecule has 3 rings (SSSR count). The highest BCUT2D eigenvalue weighted by molar-refractivity contribution is 5.62. The zero-order valence-electron chi connectivity index (χ0n) is 10.1. The van der Waals surface area contributed by atoms with Crippen molar-refractivity contribution in [2.45, 2.75) is 38.5 Å². The Hall–Kier alpha value is -1.71. The van der Waals surface area contributed by atoms with Crippen LogP contribution < -0.4 is 0 Å². The SMILES string of the molecule is CC(C)c1noc(C2CC2)c1-c1ncccn1. The number of aromatic nitrogens is 3. The lowest BCUT2D eigenvalue weighted by atomic mass is 10.0. The lowest BCUT2D eigenvalue weighted by molar-refractivity contribution is 0.376. The summed E-state index contributed by atoms with van der Waals surface area (Å²) in [7, 11) is 0.